The molecule has 0 N–H and O–H groups in total. The Labute approximate surface area is 177 Å². The number of carbonyl (C=O) groups is 1. The second kappa shape index (κ2) is 7.73. The lowest BCUT2D eigenvalue weighted by atomic mass is 9.80. The lowest BCUT2D eigenvalue weighted by Crippen LogP contribution is -2.47. The molecule has 0 saturated carbocycles. The minimum atomic E-state index is 0.143. The molecule has 30 heavy (non-hydrogen) atoms. The molecule has 1 unspecified atom stereocenters. The number of benzene rings is 1. The molecule has 1 atom stereocenters. The number of carbonyl (C=O) groups excluding carboxylic acids is 1. The van der Waals surface area contributed by atoms with Crippen molar-refractivity contribution in [2.75, 3.05) is 33.2 Å². The molecule has 5 heteroatoms. The number of para-hydroxylation sites is 1. The van der Waals surface area contributed by atoms with Crippen molar-refractivity contribution >= 4 is 28.5 Å². The van der Waals surface area contributed by atoms with Crippen molar-refractivity contribution in [2.45, 2.75) is 19.8 Å². The van der Waals surface area contributed by atoms with Gasteiger partial charge < -0.3 is 14.2 Å². The number of likely N-dealkylation sites (N-methyl/N-ethyl adjacent to an activating group) is 1. The van der Waals surface area contributed by atoms with Crippen LogP contribution >= 0.6 is 0 Å². The van der Waals surface area contributed by atoms with E-state index in [0.29, 0.717) is 5.92 Å². The van der Waals surface area contributed by atoms with Gasteiger partial charge in [0, 0.05) is 31.6 Å². The Morgan fingerprint density at radius 1 is 1.10 bits per heavy atom. The maximum absolute atomic E-state index is 13.8. The Bertz CT molecular complexity index is 1110. The number of hydrogen-bond donors (Lipinski definition) is 0. The number of furan rings is 1. The molecule has 3 heterocycles. The molecule has 1 aliphatic carbocycles. The highest BCUT2D eigenvalue weighted by Crippen LogP contribution is 2.39. The van der Waals surface area contributed by atoms with Gasteiger partial charge >= 0.3 is 0 Å². The standard InChI is InChI=1S/C25H27N3O2/c1-17-14-18(16-19-6-5-13-30-19)24-21(15-17)23(20-7-3-4-8-22(20)26-24)25(29)28-11-9-27(2)10-12-28/h3-8,13,16-17H,9-12,14-15H2,1-2H3. The van der Waals surface area contributed by atoms with E-state index in [-0.39, 0.29) is 5.91 Å². The average Bonchev–Trinajstić information content (AvgIpc) is 3.25. The fourth-order valence-corrected chi connectivity index (χ4v) is 4.69. The lowest BCUT2D eigenvalue weighted by molar-refractivity contribution is 0.0664. The minimum Gasteiger partial charge on any atom is -0.465 e. The Hall–Kier alpha value is -2.92. The van der Waals surface area contributed by atoms with Crippen LogP contribution < -0.4 is 0 Å². The summed E-state index contributed by atoms with van der Waals surface area (Å²) in [6.07, 6.45) is 5.58. The van der Waals surface area contributed by atoms with Crippen molar-refractivity contribution in [3.05, 3.63) is 65.2 Å². The summed E-state index contributed by atoms with van der Waals surface area (Å²) in [6, 6.07) is 11.9. The van der Waals surface area contributed by atoms with Crippen LogP contribution in [0.3, 0.4) is 0 Å². The van der Waals surface area contributed by atoms with Gasteiger partial charge in [-0.15, -0.1) is 0 Å². The van der Waals surface area contributed by atoms with Crippen LogP contribution in [0.1, 0.15) is 40.7 Å². The van der Waals surface area contributed by atoms with Crippen molar-refractivity contribution in [1.29, 1.82) is 0 Å². The summed E-state index contributed by atoms with van der Waals surface area (Å²) < 4.78 is 5.57. The molecular weight excluding hydrogens is 374 g/mol. The first kappa shape index (κ1) is 19.1. The first-order chi connectivity index (χ1) is 14.6. The Morgan fingerprint density at radius 2 is 1.90 bits per heavy atom. The lowest BCUT2D eigenvalue weighted by Gasteiger charge is -2.34. The molecule has 0 radical (unpaired) electrons. The summed E-state index contributed by atoms with van der Waals surface area (Å²) in [5.41, 5.74) is 4.93. The van der Waals surface area contributed by atoms with Gasteiger partial charge in [0.05, 0.1) is 23.0 Å². The average molecular weight is 402 g/mol. The smallest absolute Gasteiger partial charge is 0.254 e. The summed E-state index contributed by atoms with van der Waals surface area (Å²) in [7, 11) is 2.11. The van der Waals surface area contributed by atoms with Gasteiger partial charge in [-0.1, -0.05) is 25.1 Å². The van der Waals surface area contributed by atoms with Crippen LogP contribution in [-0.2, 0) is 6.42 Å². The number of fused-ring (bicyclic) bond motifs is 2. The number of pyridine rings is 1. The van der Waals surface area contributed by atoms with E-state index in [4.69, 9.17) is 9.40 Å². The van der Waals surface area contributed by atoms with E-state index in [0.717, 1.165) is 78.1 Å². The van der Waals surface area contributed by atoms with Crippen LogP contribution in [0.2, 0.25) is 0 Å². The van der Waals surface area contributed by atoms with Gasteiger partial charge in [0.15, 0.2) is 0 Å². The van der Waals surface area contributed by atoms with Crippen molar-refractivity contribution in [2.24, 2.45) is 5.92 Å². The summed E-state index contributed by atoms with van der Waals surface area (Å²) in [5.74, 6) is 1.41. The van der Waals surface area contributed by atoms with Crippen molar-refractivity contribution in [1.82, 2.24) is 14.8 Å². The Balaban J connectivity index is 1.68. The molecule has 0 spiro atoms. The number of amides is 1. The van der Waals surface area contributed by atoms with Gasteiger partial charge in [-0.05, 0) is 61.2 Å². The molecule has 1 saturated heterocycles. The van der Waals surface area contributed by atoms with E-state index in [2.05, 4.69) is 24.9 Å². The Morgan fingerprint density at radius 3 is 2.67 bits per heavy atom. The maximum atomic E-state index is 13.8. The van der Waals surface area contributed by atoms with E-state index in [1.165, 1.54) is 0 Å². The maximum Gasteiger partial charge on any atom is 0.254 e. The number of piperazine rings is 1. The summed E-state index contributed by atoms with van der Waals surface area (Å²) in [4.78, 5) is 23.1. The highest BCUT2D eigenvalue weighted by atomic mass is 16.3. The van der Waals surface area contributed by atoms with Crippen LogP contribution in [0.4, 0.5) is 0 Å². The largest absolute Gasteiger partial charge is 0.465 e. The third-order valence-corrected chi connectivity index (χ3v) is 6.28. The molecule has 3 aromatic rings. The zero-order chi connectivity index (χ0) is 20.7. The fraction of sp³-hybridized carbons (Fsp3) is 0.360. The predicted octanol–water partition coefficient (Wildman–Crippen LogP) is 4.34. The minimum absolute atomic E-state index is 0.143. The van der Waals surface area contributed by atoms with Crippen molar-refractivity contribution in [3.63, 3.8) is 0 Å². The highest BCUT2D eigenvalue weighted by Gasteiger charge is 2.31. The van der Waals surface area contributed by atoms with Gasteiger partial charge in [0.1, 0.15) is 5.76 Å². The predicted molar refractivity (Wildman–Crippen MR) is 119 cm³/mol. The normalized spacial score (nSPS) is 21.2. The third kappa shape index (κ3) is 3.43. The van der Waals surface area contributed by atoms with Gasteiger partial charge in [-0.25, -0.2) is 4.98 Å². The second-order valence-corrected chi connectivity index (χ2v) is 8.63. The number of allylic oxidation sites excluding steroid dienone is 1. The van der Waals surface area contributed by atoms with Crippen LogP contribution in [-0.4, -0.2) is 53.9 Å². The fourth-order valence-electron chi connectivity index (χ4n) is 4.69. The molecule has 1 aliphatic heterocycles. The molecule has 154 valence electrons. The van der Waals surface area contributed by atoms with E-state index in [9.17, 15) is 4.79 Å². The molecule has 2 aliphatic rings. The molecule has 1 fully saturated rings. The molecular formula is C25H27N3O2. The SMILES string of the molecule is CC1CC(=Cc2ccco2)c2nc3ccccc3c(C(=O)N3CCN(C)CC3)c2C1. The zero-order valence-electron chi connectivity index (χ0n) is 17.6. The number of aromatic nitrogens is 1. The third-order valence-electron chi connectivity index (χ3n) is 6.28. The quantitative estimate of drug-likeness (QED) is 0.641. The van der Waals surface area contributed by atoms with Crippen molar-refractivity contribution in [3.8, 4) is 0 Å². The molecule has 1 amide bonds. The Kier molecular flexibility index (Phi) is 4.91. The molecule has 5 nitrogen and oxygen atoms in total. The summed E-state index contributed by atoms with van der Waals surface area (Å²) >= 11 is 0. The van der Waals surface area contributed by atoms with E-state index in [1.807, 2.05) is 41.3 Å². The highest BCUT2D eigenvalue weighted by molar-refractivity contribution is 6.09. The topological polar surface area (TPSA) is 49.6 Å². The van der Waals surface area contributed by atoms with Gasteiger partial charge in [0.25, 0.3) is 5.91 Å². The second-order valence-electron chi connectivity index (χ2n) is 8.63. The van der Waals surface area contributed by atoms with Gasteiger partial charge in [-0.3, -0.25) is 4.79 Å². The summed E-state index contributed by atoms with van der Waals surface area (Å²) in [6.45, 7) is 5.61. The molecule has 0 bridgehead atoms. The number of hydrogen-bond acceptors (Lipinski definition) is 4. The number of rotatable bonds is 2. The van der Waals surface area contributed by atoms with Crippen LogP contribution in [0, 0.1) is 5.92 Å². The zero-order valence-corrected chi connectivity index (χ0v) is 17.6. The van der Waals surface area contributed by atoms with Gasteiger partial charge in [0.2, 0.25) is 0 Å². The number of nitrogens with zero attached hydrogens (tertiary/aromatic N) is 3. The summed E-state index contributed by atoms with van der Waals surface area (Å²) in [5, 5.41) is 0.964. The monoisotopic (exact) mass is 401 g/mol. The van der Waals surface area contributed by atoms with Crippen molar-refractivity contribution < 1.29 is 9.21 Å². The molecule has 1 aromatic carbocycles. The molecule has 5 rings (SSSR count). The first-order valence-corrected chi connectivity index (χ1v) is 10.7. The van der Waals surface area contributed by atoms with Crippen LogP contribution in [0.15, 0.2) is 47.1 Å². The first-order valence-electron chi connectivity index (χ1n) is 10.7. The van der Waals surface area contributed by atoms with E-state index >= 15 is 0 Å². The van der Waals surface area contributed by atoms with E-state index < -0.39 is 0 Å². The van der Waals surface area contributed by atoms with E-state index in [1.54, 1.807) is 6.26 Å². The van der Waals surface area contributed by atoms with Gasteiger partial charge in [-0.2, -0.15) is 0 Å². The molecule has 2 aromatic heterocycles. The van der Waals surface area contributed by atoms with Crippen LogP contribution in [0.5, 0.6) is 0 Å². The van der Waals surface area contributed by atoms with Crippen LogP contribution in [0.25, 0.3) is 22.6 Å².